The van der Waals surface area contributed by atoms with Gasteiger partial charge in [-0.15, -0.1) is 0 Å². The van der Waals surface area contributed by atoms with Crippen LogP contribution in [0.4, 0.5) is 11.5 Å². The minimum atomic E-state index is -0.864. The molecule has 0 unspecified atom stereocenters. The molecule has 0 aliphatic rings. The summed E-state index contributed by atoms with van der Waals surface area (Å²) in [4.78, 5) is 20.3. The van der Waals surface area contributed by atoms with E-state index in [2.05, 4.69) is 10.4 Å². The molecule has 29 heavy (non-hydrogen) atoms. The predicted octanol–water partition coefficient (Wildman–Crippen LogP) is 4.46. The van der Waals surface area contributed by atoms with E-state index in [1.807, 2.05) is 38.1 Å². The van der Waals surface area contributed by atoms with Crippen LogP contribution in [0.5, 0.6) is 0 Å². The van der Waals surface area contributed by atoms with Crippen LogP contribution in [0.3, 0.4) is 0 Å². The second-order valence-corrected chi connectivity index (χ2v) is 7.20. The summed E-state index contributed by atoms with van der Waals surface area (Å²) >= 11 is 6.13. The Bertz CT molecular complexity index is 1220. The molecule has 4 aromatic rings. The fourth-order valence-electron chi connectivity index (χ4n) is 3.11. The lowest BCUT2D eigenvalue weighted by molar-refractivity contribution is -0.136. The number of fused-ring (bicyclic) bond motifs is 1. The van der Waals surface area contributed by atoms with Gasteiger partial charge in [-0.3, -0.25) is 4.79 Å². The van der Waals surface area contributed by atoms with Gasteiger partial charge in [0.2, 0.25) is 0 Å². The van der Waals surface area contributed by atoms with E-state index in [0.29, 0.717) is 27.7 Å². The number of hydrogen-bond acceptors (Lipinski definition) is 5. The third-order valence-electron chi connectivity index (χ3n) is 4.39. The molecule has 8 heteroatoms. The van der Waals surface area contributed by atoms with Crippen LogP contribution in [0.2, 0.25) is 5.02 Å². The number of halogens is 1. The van der Waals surface area contributed by atoms with E-state index < -0.39 is 5.97 Å². The molecule has 0 amide bonds. The Hall–Kier alpha value is -3.45. The normalized spacial score (nSPS) is 11.0. The van der Waals surface area contributed by atoms with Crippen LogP contribution < -0.4 is 5.32 Å². The zero-order valence-electron chi connectivity index (χ0n) is 15.8. The number of carbonyl (C=O) groups is 1. The molecule has 0 aliphatic carbocycles. The summed E-state index contributed by atoms with van der Waals surface area (Å²) in [5, 5.41) is 17.3. The molecule has 4 rings (SSSR count). The second kappa shape index (κ2) is 7.52. The monoisotopic (exact) mass is 407 g/mol. The molecular weight excluding hydrogens is 390 g/mol. The lowest BCUT2D eigenvalue weighted by Crippen LogP contribution is -2.09. The number of aromatic nitrogens is 4. The van der Waals surface area contributed by atoms with Crippen molar-refractivity contribution in [1.82, 2.24) is 19.7 Å². The molecule has 0 atom stereocenters. The molecule has 146 valence electrons. The number of carboxylic acid groups (broad SMARTS) is 1. The fourth-order valence-corrected chi connectivity index (χ4v) is 3.28. The van der Waals surface area contributed by atoms with Crippen molar-refractivity contribution in [2.75, 3.05) is 5.32 Å². The molecule has 2 N–H and O–H groups in total. The molecule has 0 fully saturated rings. The van der Waals surface area contributed by atoms with Gasteiger partial charge in [0, 0.05) is 16.4 Å². The highest BCUT2D eigenvalue weighted by molar-refractivity contribution is 6.31. The van der Waals surface area contributed by atoms with Crippen molar-refractivity contribution in [2.45, 2.75) is 20.3 Å². The van der Waals surface area contributed by atoms with Crippen LogP contribution >= 0.6 is 11.6 Å². The SMILES string of the molecule is Cc1cc(C)n(-c2nc3cc(Cl)ccc3nc2Nc2ccc(CC(=O)O)cc2)n1. The molecule has 0 saturated carbocycles. The van der Waals surface area contributed by atoms with E-state index in [1.54, 1.807) is 28.9 Å². The van der Waals surface area contributed by atoms with E-state index in [-0.39, 0.29) is 6.42 Å². The average molecular weight is 408 g/mol. The summed E-state index contributed by atoms with van der Waals surface area (Å²) in [6, 6.07) is 14.5. The second-order valence-electron chi connectivity index (χ2n) is 6.76. The highest BCUT2D eigenvalue weighted by Crippen LogP contribution is 2.26. The number of carboxylic acids is 1. The third kappa shape index (κ3) is 4.05. The van der Waals surface area contributed by atoms with Crippen LogP contribution in [0.25, 0.3) is 16.9 Å². The van der Waals surface area contributed by atoms with Crippen molar-refractivity contribution in [2.24, 2.45) is 0 Å². The van der Waals surface area contributed by atoms with Crippen LogP contribution in [0.15, 0.2) is 48.5 Å². The number of benzene rings is 2. The van der Waals surface area contributed by atoms with Crippen molar-refractivity contribution < 1.29 is 9.90 Å². The molecular formula is C21H18ClN5O2. The molecule has 2 aromatic heterocycles. The van der Waals surface area contributed by atoms with Crippen molar-refractivity contribution >= 4 is 40.1 Å². The quantitative estimate of drug-likeness (QED) is 0.507. The first-order valence-electron chi connectivity index (χ1n) is 8.98. The smallest absolute Gasteiger partial charge is 0.307 e. The molecule has 2 heterocycles. The van der Waals surface area contributed by atoms with Crippen molar-refractivity contribution in [1.29, 1.82) is 0 Å². The van der Waals surface area contributed by atoms with Gasteiger partial charge in [-0.25, -0.2) is 14.6 Å². The largest absolute Gasteiger partial charge is 0.481 e. The zero-order chi connectivity index (χ0) is 20.5. The number of nitrogens with zero attached hydrogens (tertiary/aromatic N) is 4. The topological polar surface area (TPSA) is 92.9 Å². The minimum absolute atomic E-state index is 0.0200. The molecule has 0 spiro atoms. The molecule has 0 aliphatic heterocycles. The Morgan fingerprint density at radius 3 is 2.48 bits per heavy atom. The number of nitrogens with one attached hydrogen (secondary N) is 1. The van der Waals surface area contributed by atoms with Gasteiger partial charge in [0.15, 0.2) is 11.6 Å². The standard InChI is InChI=1S/C21H18ClN5O2/c1-12-9-13(2)27(26-12)21-20(24-17-8-5-15(22)11-18(17)25-21)23-16-6-3-14(4-7-16)10-19(28)29/h3-9,11H,10H2,1-2H3,(H,23,24)(H,28,29). The van der Waals surface area contributed by atoms with Gasteiger partial charge in [0.25, 0.3) is 0 Å². The number of aliphatic carboxylic acids is 1. The van der Waals surface area contributed by atoms with E-state index in [0.717, 1.165) is 22.6 Å². The Labute approximate surface area is 172 Å². The first kappa shape index (κ1) is 18.9. The maximum absolute atomic E-state index is 10.9. The first-order chi connectivity index (χ1) is 13.9. The predicted molar refractivity (Wildman–Crippen MR) is 112 cm³/mol. The highest BCUT2D eigenvalue weighted by atomic mass is 35.5. The Morgan fingerprint density at radius 2 is 1.83 bits per heavy atom. The van der Waals surface area contributed by atoms with E-state index in [1.165, 1.54) is 0 Å². The highest BCUT2D eigenvalue weighted by Gasteiger charge is 2.15. The lowest BCUT2D eigenvalue weighted by atomic mass is 10.1. The van der Waals surface area contributed by atoms with Crippen molar-refractivity contribution in [3.05, 3.63) is 70.5 Å². The van der Waals surface area contributed by atoms with Crippen molar-refractivity contribution in [3.63, 3.8) is 0 Å². The number of aryl methyl sites for hydroxylation is 2. The Morgan fingerprint density at radius 1 is 1.07 bits per heavy atom. The molecule has 0 radical (unpaired) electrons. The Balaban J connectivity index is 1.79. The van der Waals surface area contributed by atoms with Gasteiger partial charge in [0.05, 0.1) is 23.1 Å². The summed E-state index contributed by atoms with van der Waals surface area (Å²) in [6.07, 6.45) is -0.0200. The lowest BCUT2D eigenvalue weighted by Gasteiger charge is -2.13. The Kier molecular flexibility index (Phi) is 4.90. The van der Waals surface area contributed by atoms with Gasteiger partial charge in [0.1, 0.15) is 0 Å². The van der Waals surface area contributed by atoms with Gasteiger partial charge in [-0.1, -0.05) is 23.7 Å². The van der Waals surface area contributed by atoms with E-state index in [9.17, 15) is 4.79 Å². The molecule has 0 bridgehead atoms. The summed E-state index contributed by atoms with van der Waals surface area (Å²) in [5.74, 6) is 0.230. The van der Waals surface area contributed by atoms with E-state index in [4.69, 9.17) is 26.7 Å². The van der Waals surface area contributed by atoms with Gasteiger partial charge >= 0.3 is 5.97 Å². The summed E-state index contributed by atoms with van der Waals surface area (Å²) < 4.78 is 1.74. The van der Waals surface area contributed by atoms with Crippen molar-refractivity contribution in [3.8, 4) is 5.82 Å². The third-order valence-corrected chi connectivity index (χ3v) is 4.63. The fraction of sp³-hybridized carbons (Fsp3) is 0.143. The van der Waals surface area contributed by atoms with Crippen LogP contribution in [0.1, 0.15) is 17.0 Å². The number of rotatable bonds is 5. The molecule has 0 saturated heterocycles. The maximum Gasteiger partial charge on any atom is 0.307 e. The van der Waals surface area contributed by atoms with Crippen LogP contribution in [-0.2, 0) is 11.2 Å². The van der Waals surface area contributed by atoms with Gasteiger partial charge in [-0.2, -0.15) is 5.10 Å². The van der Waals surface area contributed by atoms with Gasteiger partial charge in [-0.05, 0) is 55.8 Å². The maximum atomic E-state index is 10.9. The zero-order valence-corrected chi connectivity index (χ0v) is 16.6. The summed E-state index contributed by atoms with van der Waals surface area (Å²) in [5.41, 5.74) is 4.66. The van der Waals surface area contributed by atoms with Gasteiger partial charge < -0.3 is 10.4 Å². The number of hydrogen-bond donors (Lipinski definition) is 2. The van der Waals surface area contributed by atoms with E-state index >= 15 is 0 Å². The minimum Gasteiger partial charge on any atom is -0.481 e. The summed E-state index contributed by atoms with van der Waals surface area (Å²) in [6.45, 7) is 3.87. The molecule has 7 nitrogen and oxygen atoms in total. The van der Waals surface area contributed by atoms with Crippen LogP contribution in [-0.4, -0.2) is 30.8 Å². The number of anilines is 2. The average Bonchev–Trinajstić information content (AvgIpc) is 3.00. The van der Waals surface area contributed by atoms with Crippen LogP contribution in [0, 0.1) is 13.8 Å². The first-order valence-corrected chi connectivity index (χ1v) is 9.35. The summed E-state index contributed by atoms with van der Waals surface area (Å²) in [7, 11) is 0. The molecule has 2 aromatic carbocycles.